The van der Waals surface area contributed by atoms with Crippen LogP contribution < -0.4 is 10.6 Å². The van der Waals surface area contributed by atoms with Crippen molar-refractivity contribution in [2.75, 3.05) is 26.2 Å². The average molecular weight is 240 g/mol. The van der Waals surface area contributed by atoms with E-state index in [2.05, 4.69) is 10.6 Å². The molecule has 2 rings (SSSR count). The van der Waals surface area contributed by atoms with Crippen LogP contribution in [0.25, 0.3) is 0 Å². The summed E-state index contributed by atoms with van der Waals surface area (Å²) in [5.41, 5.74) is 0. The van der Waals surface area contributed by atoms with Gasteiger partial charge in [-0.05, 0) is 51.1 Å². The van der Waals surface area contributed by atoms with E-state index in [1.807, 2.05) is 0 Å². The van der Waals surface area contributed by atoms with E-state index in [0.717, 1.165) is 44.9 Å². The molecule has 2 N–H and O–H groups in total. The number of nitrogens with one attached hydrogen (secondary N) is 2. The van der Waals surface area contributed by atoms with Gasteiger partial charge in [-0.25, -0.2) is 0 Å². The van der Waals surface area contributed by atoms with Crippen molar-refractivity contribution in [3.8, 4) is 0 Å². The second-order valence-electron chi connectivity index (χ2n) is 5.17. The predicted molar refractivity (Wildman–Crippen MR) is 66.8 cm³/mol. The molecule has 0 saturated carbocycles. The van der Waals surface area contributed by atoms with E-state index in [0.29, 0.717) is 13.0 Å². The molecule has 0 radical (unpaired) electrons. The number of carbonyl (C=O) groups excluding carboxylic acids is 1. The first-order valence-corrected chi connectivity index (χ1v) is 6.93. The molecule has 2 heterocycles. The highest BCUT2D eigenvalue weighted by atomic mass is 16.5. The molecular weight excluding hydrogens is 216 g/mol. The number of rotatable bonds is 5. The molecule has 0 aromatic rings. The van der Waals surface area contributed by atoms with Crippen LogP contribution in [0, 0.1) is 5.92 Å². The van der Waals surface area contributed by atoms with Crippen molar-refractivity contribution in [2.45, 2.75) is 44.6 Å². The van der Waals surface area contributed by atoms with Crippen molar-refractivity contribution in [2.24, 2.45) is 5.92 Å². The third-order valence-corrected chi connectivity index (χ3v) is 3.79. The summed E-state index contributed by atoms with van der Waals surface area (Å²) in [6.07, 6.45) is 6.65. The number of piperidine rings is 1. The molecule has 2 aliphatic rings. The van der Waals surface area contributed by atoms with Crippen LogP contribution in [-0.4, -0.2) is 38.3 Å². The molecule has 1 atom stereocenters. The van der Waals surface area contributed by atoms with Gasteiger partial charge in [0.25, 0.3) is 0 Å². The van der Waals surface area contributed by atoms with Gasteiger partial charge >= 0.3 is 0 Å². The Labute approximate surface area is 103 Å². The zero-order chi connectivity index (χ0) is 11.9. The summed E-state index contributed by atoms with van der Waals surface area (Å²) in [7, 11) is 0. The van der Waals surface area contributed by atoms with Gasteiger partial charge in [0.2, 0.25) is 5.91 Å². The molecular formula is C13H24N2O2. The van der Waals surface area contributed by atoms with Gasteiger partial charge in [0, 0.05) is 19.6 Å². The lowest BCUT2D eigenvalue weighted by atomic mass is 9.93. The number of hydrogen-bond acceptors (Lipinski definition) is 3. The van der Waals surface area contributed by atoms with E-state index in [1.165, 1.54) is 12.8 Å². The maximum Gasteiger partial charge on any atom is 0.220 e. The highest BCUT2D eigenvalue weighted by molar-refractivity contribution is 5.75. The highest BCUT2D eigenvalue weighted by Crippen LogP contribution is 2.17. The lowest BCUT2D eigenvalue weighted by molar-refractivity contribution is -0.121. The Morgan fingerprint density at radius 2 is 2.12 bits per heavy atom. The standard InChI is InChI=1S/C13H24N2O2/c16-13(15-10-12-2-1-9-17-12)4-3-11-5-7-14-8-6-11/h11-12,14H,1-10H2,(H,15,16). The third kappa shape index (κ3) is 4.64. The van der Waals surface area contributed by atoms with E-state index in [-0.39, 0.29) is 12.0 Å². The van der Waals surface area contributed by atoms with Crippen molar-refractivity contribution in [1.29, 1.82) is 0 Å². The number of carbonyl (C=O) groups is 1. The van der Waals surface area contributed by atoms with Crippen molar-refractivity contribution >= 4 is 5.91 Å². The quantitative estimate of drug-likeness (QED) is 0.755. The monoisotopic (exact) mass is 240 g/mol. The first-order valence-electron chi connectivity index (χ1n) is 6.93. The van der Waals surface area contributed by atoms with Crippen molar-refractivity contribution in [3.05, 3.63) is 0 Å². The smallest absolute Gasteiger partial charge is 0.220 e. The minimum absolute atomic E-state index is 0.194. The fraction of sp³-hybridized carbons (Fsp3) is 0.923. The first-order chi connectivity index (χ1) is 8.34. The van der Waals surface area contributed by atoms with Crippen LogP contribution in [0.2, 0.25) is 0 Å². The molecule has 4 nitrogen and oxygen atoms in total. The maximum absolute atomic E-state index is 11.7. The van der Waals surface area contributed by atoms with E-state index in [4.69, 9.17) is 4.74 Å². The minimum atomic E-state index is 0.194. The van der Waals surface area contributed by atoms with Gasteiger partial charge in [-0.3, -0.25) is 4.79 Å². The Bertz CT molecular complexity index is 234. The number of amides is 1. The number of hydrogen-bond donors (Lipinski definition) is 2. The van der Waals surface area contributed by atoms with Gasteiger partial charge < -0.3 is 15.4 Å². The molecule has 0 aromatic carbocycles. The summed E-state index contributed by atoms with van der Waals surface area (Å²) in [6, 6.07) is 0. The summed E-state index contributed by atoms with van der Waals surface area (Å²) < 4.78 is 5.47. The van der Waals surface area contributed by atoms with Crippen LogP contribution in [-0.2, 0) is 9.53 Å². The van der Waals surface area contributed by atoms with Crippen LogP contribution in [0.15, 0.2) is 0 Å². The summed E-state index contributed by atoms with van der Waals surface area (Å²) in [5, 5.41) is 6.33. The molecule has 2 fully saturated rings. The van der Waals surface area contributed by atoms with Crippen LogP contribution in [0.1, 0.15) is 38.5 Å². The van der Waals surface area contributed by atoms with Gasteiger partial charge in [0.1, 0.15) is 0 Å². The molecule has 17 heavy (non-hydrogen) atoms. The summed E-state index contributed by atoms with van der Waals surface area (Å²) >= 11 is 0. The first kappa shape index (κ1) is 12.8. The second kappa shape index (κ2) is 6.97. The topological polar surface area (TPSA) is 50.4 Å². The molecule has 2 aliphatic heterocycles. The van der Waals surface area contributed by atoms with Crippen LogP contribution in [0.5, 0.6) is 0 Å². The maximum atomic E-state index is 11.7. The van der Waals surface area contributed by atoms with E-state index >= 15 is 0 Å². The van der Waals surface area contributed by atoms with Crippen LogP contribution in [0.4, 0.5) is 0 Å². The Morgan fingerprint density at radius 1 is 1.29 bits per heavy atom. The number of ether oxygens (including phenoxy) is 1. The Balaban J connectivity index is 1.53. The Kier molecular flexibility index (Phi) is 5.26. The molecule has 0 spiro atoms. The zero-order valence-corrected chi connectivity index (χ0v) is 10.5. The van der Waals surface area contributed by atoms with E-state index in [9.17, 15) is 4.79 Å². The normalized spacial score (nSPS) is 26.0. The minimum Gasteiger partial charge on any atom is -0.376 e. The fourth-order valence-corrected chi connectivity index (χ4v) is 2.63. The predicted octanol–water partition coefficient (Wildman–Crippen LogP) is 1.06. The molecule has 98 valence electrons. The molecule has 0 aliphatic carbocycles. The van der Waals surface area contributed by atoms with Gasteiger partial charge in [0.15, 0.2) is 0 Å². The third-order valence-electron chi connectivity index (χ3n) is 3.79. The van der Waals surface area contributed by atoms with E-state index in [1.54, 1.807) is 0 Å². The molecule has 1 unspecified atom stereocenters. The van der Waals surface area contributed by atoms with Gasteiger partial charge in [-0.1, -0.05) is 0 Å². The molecule has 0 aromatic heterocycles. The average Bonchev–Trinajstić information content (AvgIpc) is 2.88. The van der Waals surface area contributed by atoms with Crippen molar-refractivity contribution in [1.82, 2.24) is 10.6 Å². The largest absolute Gasteiger partial charge is 0.376 e. The Hall–Kier alpha value is -0.610. The molecule has 2 saturated heterocycles. The molecule has 0 bridgehead atoms. The summed E-state index contributed by atoms with van der Waals surface area (Å²) in [5.74, 6) is 0.934. The van der Waals surface area contributed by atoms with Gasteiger partial charge in [0.05, 0.1) is 6.10 Å². The SMILES string of the molecule is O=C(CCC1CCNCC1)NCC1CCCO1. The second-order valence-corrected chi connectivity index (χ2v) is 5.17. The van der Waals surface area contributed by atoms with Gasteiger partial charge in [-0.15, -0.1) is 0 Å². The fourth-order valence-electron chi connectivity index (χ4n) is 2.63. The zero-order valence-electron chi connectivity index (χ0n) is 10.5. The van der Waals surface area contributed by atoms with Crippen LogP contribution in [0.3, 0.4) is 0 Å². The van der Waals surface area contributed by atoms with Crippen molar-refractivity contribution in [3.63, 3.8) is 0 Å². The molecule has 1 amide bonds. The van der Waals surface area contributed by atoms with Crippen LogP contribution >= 0.6 is 0 Å². The summed E-state index contributed by atoms with van der Waals surface area (Å²) in [6.45, 7) is 3.78. The lowest BCUT2D eigenvalue weighted by Gasteiger charge is -2.22. The van der Waals surface area contributed by atoms with Crippen molar-refractivity contribution < 1.29 is 9.53 Å². The molecule has 4 heteroatoms. The summed E-state index contributed by atoms with van der Waals surface area (Å²) in [4.78, 5) is 11.7. The Morgan fingerprint density at radius 3 is 2.82 bits per heavy atom. The van der Waals surface area contributed by atoms with E-state index < -0.39 is 0 Å². The van der Waals surface area contributed by atoms with Gasteiger partial charge in [-0.2, -0.15) is 0 Å². The lowest BCUT2D eigenvalue weighted by Crippen LogP contribution is -2.33. The highest BCUT2D eigenvalue weighted by Gasteiger charge is 2.17.